The van der Waals surface area contributed by atoms with Crippen LogP contribution in [0.2, 0.25) is 0 Å². The van der Waals surface area contributed by atoms with Crippen molar-refractivity contribution in [2.24, 2.45) is 0 Å². The number of carboxylic acid groups (broad SMARTS) is 1. The zero-order valence-electron chi connectivity index (χ0n) is 22.6. The second-order valence-corrected chi connectivity index (χ2v) is 10.7. The van der Waals surface area contributed by atoms with Crippen LogP contribution in [0.1, 0.15) is 104 Å². The minimum absolute atomic E-state index is 0.0119. The van der Waals surface area contributed by atoms with Crippen LogP contribution in [0.5, 0.6) is 0 Å². The van der Waals surface area contributed by atoms with Crippen LogP contribution >= 0.6 is 0 Å². The smallest absolute Gasteiger partial charge is 0.408 e. The number of rotatable bonds is 11. The van der Waals surface area contributed by atoms with Crippen molar-refractivity contribution in [1.29, 1.82) is 0 Å². The molecule has 4 N–H and O–H groups in total. The first-order valence-electron chi connectivity index (χ1n) is 13.6. The fourth-order valence-electron chi connectivity index (χ4n) is 4.43. The molecule has 0 spiro atoms. The predicted octanol–water partition coefficient (Wildman–Crippen LogP) is 5.29. The summed E-state index contributed by atoms with van der Waals surface area (Å²) in [5.74, 6) is -1.14. The lowest BCUT2D eigenvalue weighted by molar-refractivity contribution is -0.139. The molecule has 0 heterocycles. The zero-order valence-corrected chi connectivity index (χ0v) is 22.6. The molecule has 1 atom stereocenters. The number of carbonyl (C=O) groups is 3. The van der Waals surface area contributed by atoms with Gasteiger partial charge in [-0.05, 0) is 65.7 Å². The number of unbranched alkanes of at least 4 members (excludes halogenated alkanes) is 1. The fourth-order valence-corrected chi connectivity index (χ4v) is 4.43. The third kappa shape index (κ3) is 16.4. The number of hydrogen-bond donors (Lipinski definition) is 4. The highest BCUT2D eigenvalue weighted by Crippen LogP contribution is 2.22. The Kier molecular flexibility index (Phi) is 15.9. The van der Waals surface area contributed by atoms with Gasteiger partial charge in [-0.1, -0.05) is 51.2 Å². The molecule has 0 unspecified atom stereocenters. The van der Waals surface area contributed by atoms with Crippen molar-refractivity contribution in [2.75, 3.05) is 13.2 Å². The van der Waals surface area contributed by atoms with Crippen LogP contribution in [0.25, 0.3) is 0 Å². The van der Waals surface area contributed by atoms with Crippen molar-refractivity contribution in [1.82, 2.24) is 16.0 Å². The number of alkyl carbamates (subject to hydrolysis) is 2. The number of carboxylic acids is 1. The van der Waals surface area contributed by atoms with Crippen LogP contribution in [0, 0.1) is 0 Å². The summed E-state index contributed by atoms with van der Waals surface area (Å²) in [4.78, 5) is 33.8. The third-order valence-electron chi connectivity index (χ3n) is 6.19. The molecule has 0 aliphatic heterocycles. The van der Waals surface area contributed by atoms with Crippen LogP contribution in [-0.4, -0.2) is 60.1 Å². The van der Waals surface area contributed by atoms with Crippen molar-refractivity contribution in [3.05, 3.63) is 12.7 Å². The highest BCUT2D eigenvalue weighted by Gasteiger charge is 2.21. The van der Waals surface area contributed by atoms with Gasteiger partial charge in [-0.15, -0.1) is 0 Å². The van der Waals surface area contributed by atoms with Crippen LogP contribution in [0.4, 0.5) is 9.59 Å². The van der Waals surface area contributed by atoms with Gasteiger partial charge in [-0.3, -0.25) is 0 Å². The Hall–Kier alpha value is -2.29. The van der Waals surface area contributed by atoms with Crippen LogP contribution < -0.4 is 16.0 Å². The molecule has 0 aromatic heterocycles. The summed E-state index contributed by atoms with van der Waals surface area (Å²) < 4.78 is 9.74. The lowest BCUT2D eigenvalue weighted by atomic mass is 9.91. The SMILES string of the molecule is C1CCC(NC2CCCCC2)CC1.C=CCOC(=O)N[C@H](CCCCNC(=O)OC(C)(C)C)C(=O)O. The molecule has 0 saturated heterocycles. The number of hydrogen-bond acceptors (Lipinski definition) is 6. The van der Waals surface area contributed by atoms with Gasteiger partial charge in [0.05, 0.1) is 0 Å². The van der Waals surface area contributed by atoms with Gasteiger partial charge in [-0.25, -0.2) is 14.4 Å². The molecular formula is C27H49N3O6. The standard InChI is InChI=1S/C15H26N2O6.C12H23N/c1-5-10-22-14(21)17-11(12(18)19)8-6-7-9-16-13(20)23-15(2,3)4;1-3-7-11(8-4-1)13-12-9-5-2-6-10-12/h5,11H,1,6-10H2,2-4H3,(H,16,20)(H,17,21)(H,18,19);11-13H,1-10H2/t11-;/m1./s1. The summed E-state index contributed by atoms with van der Waals surface area (Å²) in [5.41, 5.74) is -0.561. The fraction of sp³-hybridized carbons (Fsp3) is 0.815. The molecule has 0 aromatic rings. The predicted molar refractivity (Wildman–Crippen MR) is 141 cm³/mol. The highest BCUT2D eigenvalue weighted by atomic mass is 16.6. The van der Waals surface area contributed by atoms with E-state index < -0.39 is 29.8 Å². The summed E-state index contributed by atoms with van der Waals surface area (Å²) in [6.45, 7) is 9.06. The van der Waals surface area contributed by atoms with E-state index in [1.807, 2.05) is 0 Å². The van der Waals surface area contributed by atoms with Crippen molar-refractivity contribution in [2.45, 2.75) is 128 Å². The van der Waals surface area contributed by atoms with E-state index in [0.29, 0.717) is 19.4 Å². The molecule has 2 amide bonds. The van der Waals surface area contributed by atoms with Gasteiger partial charge in [-0.2, -0.15) is 0 Å². The van der Waals surface area contributed by atoms with Crippen molar-refractivity contribution in [3.63, 3.8) is 0 Å². The topological polar surface area (TPSA) is 126 Å². The average molecular weight is 512 g/mol. The Labute approximate surface area is 217 Å². The lowest BCUT2D eigenvalue weighted by Gasteiger charge is -2.30. The van der Waals surface area contributed by atoms with Crippen molar-refractivity contribution < 1.29 is 29.0 Å². The van der Waals surface area contributed by atoms with E-state index in [1.165, 1.54) is 70.3 Å². The van der Waals surface area contributed by atoms with Gasteiger partial charge in [0.2, 0.25) is 0 Å². The van der Waals surface area contributed by atoms with Crippen molar-refractivity contribution >= 4 is 18.2 Å². The molecule has 2 aliphatic rings. The van der Waals surface area contributed by atoms with E-state index in [9.17, 15) is 14.4 Å². The maximum Gasteiger partial charge on any atom is 0.408 e. The third-order valence-corrected chi connectivity index (χ3v) is 6.19. The van der Waals surface area contributed by atoms with E-state index in [4.69, 9.17) is 9.84 Å². The first kappa shape index (κ1) is 31.7. The van der Waals surface area contributed by atoms with Gasteiger partial charge >= 0.3 is 18.2 Å². The monoisotopic (exact) mass is 511 g/mol. The maximum absolute atomic E-state index is 11.4. The van der Waals surface area contributed by atoms with Crippen LogP contribution in [-0.2, 0) is 14.3 Å². The molecule has 9 nitrogen and oxygen atoms in total. The maximum atomic E-state index is 11.4. The average Bonchev–Trinajstić information content (AvgIpc) is 2.82. The summed E-state index contributed by atoms with van der Waals surface area (Å²) in [6.07, 6.45) is 15.9. The van der Waals surface area contributed by atoms with Gasteiger partial charge in [0, 0.05) is 18.6 Å². The molecule has 0 bridgehead atoms. The number of nitrogens with one attached hydrogen (secondary N) is 3. The van der Waals surface area contributed by atoms with Gasteiger partial charge < -0.3 is 30.5 Å². The first-order chi connectivity index (χ1) is 17.1. The van der Waals surface area contributed by atoms with E-state index in [-0.39, 0.29) is 13.0 Å². The Balaban J connectivity index is 0.000000414. The van der Waals surface area contributed by atoms with E-state index in [1.54, 1.807) is 20.8 Å². The lowest BCUT2D eigenvalue weighted by Crippen LogP contribution is -2.41. The van der Waals surface area contributed by atoms with E-state index in [0.717, 1.165) is 12.1 Å². The quantitative estimate of drug-likeness (QED) is 0.219. The van der Waals surface area contributed by atoms with E-state index in [2.05, 4.69) is 27.3 Å². The summed E-state index contributed by atoms with van der Waals surface area (Å²) in [7, 11) is 0. The largest absolute Gasteiger partial charge is 0.480 e. The minimum atomic E-state index is -1.14. The molecule has 2 fully saturated rings. The summed E-state index contributed by atoms with van der Waals surface area (Å²) in [6, 6.07) is 0.711. The Morgan fingerprint density at radius 1 is 0.944 bits per heavy atom. The molecule has 9 heteroatoms. The van der Waals surface area contributed by atoms with Crippen LogP contribution in [0.15, 0.2) is 12.7 Å². The van der Waals surface area contributed by atoms with E-state index >= 15 is 0 Å². The van der Waals surface area contributed by atoms with Gasteiger partial charge in [0.1, 0.15) is 18.2 Å². The molecule has 0 radical (unpaired) electrons. The number of ether oxygens (including phenoxy) is 2. The normalized spacial score (nSPS) is 17.6. The summed E-state index contributed by atoms with van der Waals surface area (Å²) >= 11 is 0. The van der Waals surface area contributed by atoms with Crippen LogP contribution in [0.3, 0.4) is 0 Å². The van der Waals surface area contributed by atoms with Crippen molar-refractivity contribution in [3.8, 4) is 0 Å². The second kappa shape index (κ2) is 18.0. The molecule has 2 rings (SSSR count). The molecular weight excluding hydrogens is 462 g/mol. The first-order valence-corrected chi connectivity index (χ1v) is 13.6. The molecule has 36 heavy (non-hydrogen) atoms. The minimum Gasteiger partial charge on any atom is -0.480 e. The zero-order chi connectivity index (χ0) is 26.8. The number of amides is 2. The molecule has 2 saturated carbocycles. The Morgan fingerprint density at radius 3 is 1.97 bits per heavy atom. The molecule has 2 aliphatic carbocycles. The highest BCUT2D eigenvalue weighted by molar-refractivity contribution is 5.79. The summed E-state index contributed by atoms with van der Waals surface area (Å²) in [5, 5.41) is 17.7. The Morgan fingerprint density at radius 2 is 1.50 bits per heavy atom. The van der Waals surface area contributed by atoms with Gasteiger partial charge in [0.25, 0.3) is 0 Å². The van der Waals surface area contributed by atoms with Gasteiger partial charge in [0.15, 0.2) is 0 Å². The Bertz CT molecular complexity index is 636. The molecule has 0 aromatic carbocycles. The molecule has 208 valence electrons. The second-order valence-electron chi connectivity index (χ2n) is 10.7. The number of carbonyl (C=O) groups excluding carboxylic acids is 2. The number of aliphatic carboxylic acids is 1.